The lowest BCUT2D eigenvalue weighted by Gasteiger charge is -2.17. The zero-order valence-corrected chi connectivity index (χ0v) is 14.1. The van der Waals surface area contributed by atoms with Crippen LogP contribution in [0.25, 0.3) is 0 Å². The molecule has 0 radical (unpaired) electrons. The number of anilines is 1. The predicted molar refractivity (Wildman–Crippen MR) is 90.1 cm³/mol. The van der Waals surface area contributed by atoms with Gasteiger partial charge in [0.2, 0.25) is 0 Å². The van der Waals surface area contributed by atoms with Crippen molar-refractivity contribution in [3.05, 3.63) is 57.6 Å². The molecule has 2 aromatic rings. The van der Waals surface area contributed by atoms with Gasteiger partial charge in [0.25, 0.3) is 0 Å². The molecule has 0 heterocycles. The summed E-state index contributed by atoms with van der Waals surface area (Å²) in [5, 5.41) is 13.7. The minimum atomic E-state index is -0.626. The van der Waals surface area contributed by atoms with Crippen molar-refractivity contribution >= 4 is 21.6 Å². The first-order valence-electron chi connectivity index (χ1n) is 6.83. The van der Waals surface area contributed by atoms with E-state index in [-0.39, 0.29) is 0 Å². The molecule has 0 saturated carbocycles. The Morgan fingerprint density at radius 2 is 1.90 bits per heavy atom. The molecule has 3 nitrogen and oxygen atoms in total. The summed E-state index contributed by atoms with van der Waals surface area (Å²) in [4.78, 5) is 0. The summed E-state index contributed by atoms with van der Waals surface area (Å²) >= 11 is 3.47. The molecule has 2 aromatic carbocycles. The molecular formula is C17H20BrNO2. The van der Waals surface area contributed by atoms with E-state index in [9.17, 15) is 5.11 Å². The summed E-state index contributed by atoms with van der Waals surface area (Å²) < 4.78 is 6.34. The number of hydrogen-bond donors (Lipinski definition) is 2. The van der Waals surface area contributed by atoms with Gasteiger partial charge in [-0.3, -0.25) is 0 Å². The highest BCUT2D eigenvalue weighted by molar-refractivity contribution is 9.10. The minimum absolute atomic E-state index is 0.426. The maximum Gasteiger partial charge on any atom is 0.124 e. The van der Waals surface area contributed by atoms with Gasteiger partial charge in [-0.25, -0.2) is 0 Å². The second-order valence-corrected chi connectivity index (χ2v) is 6.08. The van der Waals surface area contributed by atoms with Gasteiger partial charge in [0.1, 0.15) is 5.75 Å². The summed E-state index contributed by atoms with van der Waals surface area (Å²) in [5.41, 5.74) is 4.04. The van der Waals surface area contributed by atoms with Gasteiger partial charge in [-0.15, -0.1) is 0 Å². The molecule has 0 saturated heterocycles. The largest absolute Gasteiger partial charge is 0.496 e. The number of methoxy groups -OCH3 is 1. The maximum atomic E-state index is 10.4. The lowest BCUT2D eigenvalue weighted by atomic mass is 10.0. The molecule has 0 amide bonds. The molecule has 2 rings (SSSR count). The van der Waals surface area contributed by atoms with Crippen LogP contribution in [0.15, 0.2) is 40.9 Å². The summed E-state index contributed by atoms with van der Waals surface area (Å²) in [6.07, 6.45) is -0.626. The highest BCUT2D eigenvalue weighted by atomic mass is 79.9. The topological polar surface area (TPSA) is 41.5 Å². The van der Waals surface area contributed by atoms with Gasteiger partial charge in [0.15, 0.2) is 0 Å². The third kappa shape index (κ3) is 4.22. The van der Waals surface area contributed by atoms with E-state index in [1.165, 1.54) is 0 Å². The lowest BCUT2D eigenvalue weighted by Crippen LogP contribution is -2.13. The number of ether oxygens (including phenoxy) is 1. The third-order valence-electron chi connectivity index (χ3n) is 3.29. The molecule has 0 aromatic heterocycles. The normalized spacial score (nSPS) is 12.0. The monoisotopic (exact) mass is 349 g/mol. The van der Waals surface area contributed by atoms with Crippen molar-refractivity contribution in [3.8, 4) is 5.75 Å². The number of aliphatic hydroxyl groups excluding tert-OH is 1. The van der Waals surface area contributed by atoms with Crippen molar-refractivity contribution in [1.29, 1.82) is 0 Å². The molecule has 112 valence electrons. The molecule has 0 spiro atoms. The molecule has 0 aliphatic rings. The average Bonchev–Trinajstić information content (AvgIpc) is 2.43. The summed E-state index contributed by atoms with van der Waals surface area (Å²) in [7, 11) is 1.62. The van der Waals surface area contributed by atoms with E-state index < -0.39 is 6.10 Å². The Hall–Kier alpha value is -1.52. The number of hydrogen-bond acceptors (Lipinski definition) is 3. The Labute approximate surface area is 134 Å². The Bertz CT molecular complexity index is 608. The van der Waals surface area contributed by atoms with Crippen molar-refractivity contribution < 1.29 is 9.84 Å². The Morgan fingerprint density at radius 1 is 1.14 bits per heavy atom. The Balaban J connectivity index is 2.11. The van der Waals surface area contributed by atoms with E-state index in [0.717, 1.165) is 26.9 Å². The second kappa shape index (κ2) is 6.96. The number of aliphatic hydroxyl groups is 1. The van der Waals surface area contributed by atoms with Gasteiger partial charge < -0.3 is 15.2 Å². The molecule has 0 bridgehead atoms. The van der Waals surface area contributed by atoms with Gasteiger partial charge in [-0.2, -0.15) is 0 Å². The van der Waals surface area contributed by atoms with Crippen LogP contribution in [0.5, 0.6) is 5.75 Å². The summed E-state index contributed by atoms with van der Waals surface area (Å²) in [6.45, 7) is 4.46. The first kappa shape index (κ1) is 15.9. The first-order valence-corrected chi connectivity index (χ1v) is 7.62. The van der Waals surface area contributed by atoms with Crippen molar-refractivity contribution in [3.63, 3.8) is 0 Å². The Kier molecular flexibility index (Phi) is 5.26. The molecular weight excluding hydrogens is 330 g/mol. The van der Waals surface area contributed by atoms with Crippen LogP contribution in [0.1, 0.15) is 22.8 Å². The molecule has 0 fully saturated rings. The lowest BCUT2D eigenvalue weighted by molar-refractivity contribution is 0.187. The SMILES string of the molecule is COc1ccc(C)cc1C(O)CNc1cc(C)cc(Br)c1. The predicted octanol–water partition coefficient (Wildman–Crippen LogP) is 4.22. The highest BCUT2D eigenvalue weighted by Crippen LogP contribution is 2.27. The van der Waals surface area contributed by atoms with Crippen LogP contribution in [-0.4, -0.2) is 18.8 Å². The van der Waals surface area contributed by atoms with Crippen LogP contribution in [0.2, 0.25) is 0 Å². The zero-order chi connectivity index (χ0) is 15.4. The fraction of sp³-hybridized carbons (Fsp3) is 0.294. The quantitative estimate of drug-likeness (QED) is 0.848. The van der Waals surface area contributed by atoms with Crippen molar-refractivity contribution in [1.82, 2.24) is 0 Å². The standard InChI is InChI=1S/C17H20BrNO2/c1-11-4-5-17(21-3)15(8-11)16(20)10-19-14-7-12(2)6-13(18)9-14/h4-9,16,19-20H,10H2,1-3H3. The fourth-order valence-electron chi connectivity index (χ4n) is 2.28. The number of halogens is 1. The number of rotatable bonds is 5. The van der Waals surface area contributed by atoms with Gasteiger partial charge in [0.05, 0.1) is 13.2 Å². The minimum Gasteiger partial charge on any atom is -0.496 e. The van der Waals surface area contributed by atoms with E-state index in [4.69, 9.17) is 4.74 Å². The maximum absolute atomic E-state index is 10.4. The van der Waals surface area contributed by atoms with E-state index in [0.29, 0.717) is 12.3 Å². The van der Waals surface area contributed by atoms with Crippen LogP contribution < -0.4 is 10.1 Å². The fourth-order valence-corrected chi connectivity index (χ4v) is 2.88. The molecule has 1 unspecified atom stereocenters. The van der Waals surface area contributed by atoms with Crippen LogP contribution in [0.4, 0.5) is 5.69 Å². The van der Waals surface area contributed by atoms with E-state index in [1.807, 2.05) is 50.2 Å². The first-order chi connectivity index (χ1) is 9.99. The van der Waals surface area contributed by atoms with E-state index in [2.05, 4.69) is 21.2 Å². The molecule has 4 heteroatoms. The van der Waals surface area contributed by atoms with Gasteiger partial charge in [0, 0.05) is 22.3 Å². The third-order valence-corrected chi connectivity index (χ3v) is 3.74. The number of nitrogens with one attached hydrogen (secondary N) is 1. The Morgan fingerprint density at radius 3 is 2.57 bits per heavy atom. The average molecular weight is 350 g/mol. The van der Waals surface area contributed by atoms with Gasteiger partial charge >= 0.3 is 0 Å². The molecule has 0 aliphatic heterocycles. The van der Waals surface area contributed by atoms with E-state index >= 15 is 0 Å². The van der Waals surface area contributed by atoms with Gasteiger partial charge in [-0.1, -0.05) is 27.6 Å². The summed E-state index contributed by atoms with van der Waals surface area (Å²) in [6, 6.07) is 11.9. The zero-order valence-electron chi connectivity index (χ0n) is 12.5. The molecule has 1 atom stereocenters. The van der Waals surface area contributed by atoms with Crippen molar-refractivity contribution in [2.45, 2.75) is 20.0 Å². The van der Waals surface area contributed by atoms with Crippen LogP contribution in [0.3, 0.4) is 0 Å². The van der Waals surface area contributed by atoms with Crippen LogP contribution in [-0.2, 0) is 0 Å². The molecule has 0 aliphatic carbocycles. The second-order valence-electron chi connectivity index (χ2n) is 5.16. The van der Waals surface area contributed by atoms with Gasteiger partial charge in [-0.05, 0) is 49.7 Å². The van der Waals surface area contributed by atoms with Crippen molar-refractivity contribution in [2.75, 3.05) is 19.0 Å². The molecule has 2 N–H and O–H groups in total. The molecule has 21 heavy (non-hydrogen) atoms. The van der Waals surface area contributed by atoms with E-state index in [1.54, 1.807) is 7.11 Å². The summed E-state index contributed by atoms with van der Waals surface area (Å²) in [5.74, 6) is 0.709. The van der Waals surface area contributed by atoms with Crippen LogP contribution >= 0.6 is 15.9 Å². The van der Waals surface area contributed by atoms with Crippen molar-refractivity contribution in [2.24, 2.45) is 0 Å². The number of benzene rings is 2. The highest BCUT2D eigenvalue weighted by Gasteiger charge is 2.13. The van der Waals surface area contributed by atoms with Crippen LogP contribution in [0, 0.1) is 13.8 Å². The number of aryl methyl sites for hydroxylation is 2. The smallest absolute Gasteiger partial charge is 0.124 e.